The fourth-order valence-electron chi connectivity index (χ4n) is 2.45. The van der Waals surface area contributed by atoms with E-state index in [-0.39, 0.29) is 12.5 Å². The second-order valence-electron chi connectivity index (χ2n) is 4.76. The molecule has 1 saturated carbocycles. The lowest BCUT2D eigenvalue weighted by Crippen LogP contribution is -2.48. The first-order chi connectivity index (χ1) is 8.49. The number of ether oxygens (including phenoxy) is 2. The predicted molar refractivity (Wildman–Crippen MR) is 62.5 cm³/mol. The van der Waals surface area contributed by atoms with Crippen molar-refractivity contribution in [3.63, 3.8) is 0 Å². The summed E-state index contributed by atoms with van der Waals surface area (Å²) >= 11 is 0. The average Bonchev–Trinajstić information content (AvgIpc) is 2.33. The third kappa shape index (κ3) is 4.74. The van der Waals surface area contributed by atoms with Crippen LogP contribution in [-0.2, 0) is 9.47 Å². The third-order valence-corrected chi connectivity index (χ3v) is 3.48. The molecule has 0 radical (unpaired) electrons. The summed E-state index contributed by atoms with van der Waals surface area (Å²) in [5.41, 5.74) is 0. The molecule has 6 heteroatoms. The normalized spacial score (nSPS) is 27.2. The van der Waals surface area contributed by atoms with E-state index in [0.29, 0.717) is 26.0 Å². The zero-order valence-corrected chi connectivity index (χ0v) is 10.9. The van der Waals surface area contributed by atoms with Crippen LogP contribution in [0.15, 0.2) is 0 Å². The summed E-state index contributed by atoms with van der Waals surface area (Å²) in [5.74, 6) is -1.23. The van der Waals surface area contributed by atoms with Crippen LogP contribution in [0.1, 0.15) is 25.7 Å². The zero-order valence-electron chi connectivity index (χ0n) is 10.9. The summed E-state index contributed by atoms with van der Waals surface area (Å²) in [4.78, 5) is 0. The van der Waals surface area contributed by atoms with Gasteiger partial charge in [0, 0.05) is 26.8 Å². The second kappa shape index (κ2) is 7.31. The topological polar surface area (TPSA) is 30.5 Å². The van der Waals surface area contributed by atoms with Crippen LogP contribution in [0.25, 0.3) is 0 Å². The molecule has 108 valence electrons. The number of rotatable bonds is 6. The number of halogens is 3. The van der Waals surface area contributed by atoms with Crippen molar-refractivity contribution in [2.75, 3.05) is 27.4 Å². The van der Waals surface area contributed by atoms with Crippen LogP contribution in [0.2, 0.25) is 0 Å². The van der Waals surface area contributed by atoms with Crippen molar-refractivity contribution < 1.29 is 22.6 Å². The molecule has 1 aliphatic carbocycles. The van der Waals surface area contributed by atoms with Crippen LogP contribution in [-0.4, -0.2) is 45.7 Å². The third-order valence-electron chi connectivity index (χ3n) is 3.48. The molecule has 3 unspecified atom stereocenters. The van der Waals surface area contributed by atoms with Gasteiger partial charge < -0.3 is 14.8 Å². The highest BCUT2D eigenvalue weighted by molar-refractivity contribution is 4.86. The summed E-state index contributed by atoms with van der Waals surface area (Å²) in [6.45, 7) is 0.772. The molecule has 1 aliphatic rings. The first-order valence-electron chi connectivity index (χ1n) is 6.31. The Kier molecular flexibility index (Phi) is 6.38. The van der Waals surface area contributed by atoms with E-state index in [1.165, 1.54) is 7.11 Å². The minimum absolute atomic E-state index is 0.203. The number of hydrogen-bond donors (Lipinski definition) is 1. The Morgan fingerprint density at radius 1 is 1.22 bits per heavy atom. The van der Waals surface area contributed by atoms with Crippen molar-refractivity contribution in [1.29, 1.82) is 0 Å². The lowest BCUT2D eigenvalue weighted by Gasteiger charge is -2.34. The zero-order chi connectivity index (χ0) is 13.6. The Morgan fingerprint density at radius 2 is 1.89 bits per heavy atom. The Balaban J connectivity index is 2.47. The molecule has 1 rings (SSSR count). The molecule has 1 fully saturated rings. The molecule has 18 heavy (non-hydrogen) atoms. The lowest BCUT2D eigenvalue weighted by atomic mass is 9.84. The Bertz CT molecular complexity index is 236. The van der Waals surface area contributed by atoms with Crippen molar-refractivity contribution in [2.24, 2.45) is 5.92 Å². The highest BCUT2D eigenvalue weighted by Gasteiger charge is 2.45. The Morgan fingerprint density at radius 3 is 2.44 bits per heavy atom. The molecule has 0 amide bonds. The summed E-state index contributed by atoms with van der Waals surface area (Å²) in [6.07, 6.45) is -2.00. The van der Waals surface area contributed by atoms with Gasteiger partial charge in [-0.3, -0.25) is 0 Å². The van der Waals surface area contributed by atoms with Gasteiger partial charge in [0.2, 0.25) is 0 Å². The van der Waals surface area contributed by atoms with E-state index in [0.717, 1.165) is 6.42 Å². The first-order valence-corrected chi connectivity index (χ1v) is 6.31. The van der Waals surface area contributed by atoms with Crippen LogP contribution in [0.4, 0.5) is 13.2 Å². The molecule has 3 atom stereocenters. The molecule has 1 N–H and O–H groups in total. The van der Waals surface area contributed by atoms with Crippen LogP contribution < -0.4 is 5.32 Å². The quantitative estimate of drug-likeness (QED) is 0.803. The number of hydrogen-bond acceptors (Lipinski definition) is 3. The van der Waals surface area contributed by atoms with Crippen LogP contribution in [0.3, 0.4) is 0 Å². The van der Waals surface area contributed by atoms with Gasteiger partial charge in [-0.15, -0.1) is 0 Å². The standard InChI is InChI=1S/C12H22F3NO2/c1-17-8-9(18-2)7-16-11-6-4-3-5-10(11)12(13,14)15/h9-11,16H,3-8H2,1-2H3. The summed E-state index contributed by atoms with van der Waals surface area (Å²) in [6, 6.07) is -0.492. The van der Waals surface area contributed by atoms with Gasteiger partial charge in [-0.05, 0) is 12.8 Å². The maximum atomic E-state index is 12.8. The number of nitrogens with one attached hydrogen (secondary N) is 1. The highest BCUT2D eigenvalue weighted by Crippen LogP contribution is 2.37. The van der Waals surface area contributed by atoms with E-state index in [4.69, 9.17) is 9.47 Å². The largest absolute Gasteiger partial charge is 0.393 e. The molecule has 0 aromatic rings. The van der Waals surface area contributed by atoms with Gasteiger partial charge in [-0.1, -0.05) is 12.8 Å². The maximum absolute atomic E-state index is 12.8. The molecule has 0 bridgehead atoms. The fraction of sp³-hybridized carbons (Fsp3) is 1.00. The smallest absolute Gasteiger partial charge is 0.382 e. The summed E-state index contributed by atoms with van der Waals surface area (Å²) < 4.78 is 48.6. The summed E-state index contributed by atoms with van der Waals surface area (Å²) in [7, 11) is 3.08. The van der Waals surface area contributed by atoms with Crippen molar-refractivity contribution >= 4 is 0 Å². The Hall–Kier alpha value is -0.330. The van der Waals surface area contributed by atoms with Crippen molar-refractivity contribution in [2.45, 2.75) is 44.0 Å². The first kappa shape index (κ1) is 15.7. The maximum Gasteiger partial charge on any atom is 0.393 e. The SMILES string of the molecule is COCC(CNC1CCCCC1C(F)(F)F)OC. The van der Waals surface area contributed by atoms with E-state index in [9.17, 15) is 13.2 Å². The van der Waals surface area contributed by atoms with Gasteiger partial charge >= 0.3 is 6.18 Å². The minimum atomic E-state index is -4.11. The van der Waals surface area contributed by atoms with Crippen molar-refractivity contribution in [3.05, 3.63) is 0 Å². The Labute approximate surface area is 106 Å². The highest BCUT2D eigenvalue weighted by atomic mass is 19.4. The van der Waals surface area contributed by atoms with Crippen LogP contribution in [0, 0.1) is 5.92 Å². The molecule has 0 aromatic carbocycles. The van der Waals surface area contributed by atoms with Gasteiger partial charge in [-0.2, -0.15) is 13.2 Å². The molecular formula is C12H22F3NO2. The van der Waals surface area contributed by atoms with E-state index in [1.807, 2.05) is 0 Å². The van der Waals surface area contributed by atoms with Gasteiger partial charge in [0.05, 0.1) is 18.6 Å². The van der Waals surface area contributed by atoms with E-state index in [2.05, 4.69) is 5.32 Å². The molecule has 3 nitrogen and oxygen atoms in total. The molecule has 0 aromatic heterocycles. The van der Waals surface area contributed by atoms with Gasteiger partial charge in [0.15, 0.2) is 0 Å². The predicted octanol–water partition coefficient (Wildman–Crippen LogP) is 2.36. The van der Waals surface area contributed by atoms with Gasteiger partial charge in [-0.25, -0.2) is 0 Å². The fourth-order valence-corrected chi connectivity index (χ4v) is 2.45. The summed E-state index contributed by atoms with van der Waals surface area (Å²) in [5, 5.41) is 2.99. The van der Waals surface area contributed by atoms with E-state index in [1.54, 1.807) is 7.11 Å². The van der Waals surface area contributed by atoms with Gasteiger partial charge in [0.1, 0.15) is 0 Å². The number of alkyl halides is 3. The average molecular weight is 269 g/mol. The van der Waals surface area contributed by atoms with Crippen molar-refractivity contribution in [1.82, 2.24) is 5.32 Å². The monoisotopic (exact) mass is 269 g/mol. The molecule has 0 heterocycles. The van der Waals surface area contributed by atoms with Crippen LogP contribution in [0.5, 0.6) is 0 Å². The molecule has 0 saturated heterocycles. The van der Waals surface area contributed by atoms with E-state index >= 15 is 0 Å². The second-order valence-corrected chi connectivity index (χ2v) is 4.76. The molecule has 0 spiro atoms. The van der Waals surface area contributed by atoms with Crippen LogP contribution >= 0.6 is 0 Å². The molecule has 0 aliphatic heterocycles. The molecular weight excluding hydrogens is 247 g/mol. The lowest BCUT2D eigenvalue weighted by molar-refractivity contribution is -0.189. The van der Waals surface area contributed by atoms with Crippen molar-refractivity contribution in [3.8, 4) is 0 Å². The van der Waals surface area contributed by atoms with E-state index < -0.39 is 18.1 Å². The number of methoxy groups -OCH3 is 2. The minimum Gasteiger partial charge on any atom is -0.382 e. The van der Waals surface area contributed by atoms with Gasteiger partial charge in [0.25, 0.3) is 0 Å².